The van der Waals surface area contributed by atoms with E-state index in [9.17, 15) is 162 Å². The second-order valence-electron chi connectivity index (χ2n) is 28.3. The zero-order chi connectivity index (χ0) is 84.1. The molecule has 51 heteroatoms. The summed E-state index contributed by atoms with van der Waals surface area (Å²) in [7, 11) is 0. The zero-order valence-electron chi connectivity index (χ0n) is 60.4. The van der Waals surface area contributed by atoms with Crippen molar-refractivity contribution in [2.24, 2.45) is 0 Å². The van der Waals surface area contributed by atoms with Crippen LogP contribution in [0.3, 0.4) is 0 Å². The fourth-order valence-electron chi connectivity index (χ4n) is 14.2. The van der Waals surface area contributed by atoms with E-state index in [0.29, 0.717) is 0 Å². The van der Waals surface area contributed by atoms with Gasteiger partial charge in [0.1, 0.15) is 183 Å². The number of carbonyl (C=O) groups excluding carboxylic acids is 4. The molecule has 0 aromatic rings. The van der Waals surface area contributed by atoms with Crippen molar-refractivity contribution in [2.45, 2.75) is 297 Å². The van der Waals surface area contributed by atoms with Crippen LogP contribution in [0.15, 0.2) is 0 Å². The molecule has 0 radical (unpaired) electrons. The highest BCUT2D eigenvalue weighted by Crippen LogP contribution is 2.41. The Balaban J connectivity index is 1.08. The maximum atomic E-state index is 13.3. The minimum Gasteiger partial charge on any atom is -0.477 e. The van der Waals surface area contributed by atoms with Crippen molar-refractivity contribution in [3.8, 4) is 0 Å². The molecule has 8 rings (SSSR count). The number of amides is 4. The molecule has 0 bridgehead atoms. The molecular weight excluding hydrogens is 1550 g/mol. The lowest BCUT2D eigenvalue weighted by atomic mass is 9.88. The van der Waals surface area contributed by atoms with E-state index in [0.717, 1.165) is 27.7 Å². The molecule has 51 nitrogen and oxygen atoms in total. The number of aliphatic hydroxyl groups is 24. The summed E-state index contributed by atoms with van der Waals surface area (Å²) in [5, 5.41) is 295. The smallest absolute Gasteiger partial charge is 0.364 e. The first-order chi connectivity index (χ1) is 53.0. The highest BCUT2D eigenvalue weighted by atomic mass is 16.8. The molecule has 0 saturated carbocycles. The first-order valence-electron chi connectivity index (χ1n) is 35.4. The predicted octanol–water partition coefficient (Wildman–Crippen LogP) is -19.5. The van der Waals surface area contributed by atoms with Crippen LogP contribution in [0.1, 0.15) is 40.5 Å². The predicted molar refractivity (Wildman–Crippen MR) is 345 cm³/mol. The molecule has 8 aliphatic rings. The van der Waals surface area contributed by atoms with E-state index in [1.54, 1.807) is 0 Å². The fourth-order valence-corrected chi connectivity index (χ4v) is 14.2. The third kappa shape index (κ3) is 20.9. The molecule has 0 aromatic carbocycles. The van der Waals surface area contributed by atoms with Gasteiger partial charge in [0.15, 0.2) is 37.7 Å². The van der Waals surface area contributed by atoms with Crippen molar-refractivity contribution < 1.29 is 233 Å². The Hall–Kier alpha value is -4.74. The Morgan fingerprint density at radius 2 is 0.735 bits per heavy atom. The van der Waals surface area contributed by atoms with Crippen LogP contribution in [0, 0.1) is 0 Å². The summed E-state index contributed by atoms with van der Waals surface area (Å²) >= 11 is 0. The molecule has 42 atom stereocenters. The van der Waals surface area contributed by atoms with Crippen LogP contribution in [-0.4, -0.2) is 478 Å². The fraction of sp³-hybridized carbons (Fsp3) is 0.903. The third-order valence-electron chi connectivity index (χ3n) is 20.2. The quantitative estimate of drug-likeness (QED) is 0.0297. The number of aliphatic hydroxyl groups excluding tert-OH is 24. The first kappa shape index (κ1) is 93.8. The van der Waals surface area contributed by atoms with E-state index in [1.807, 2.05) is 0 Å². The molecular formula is C62H102N4O47. The largest absolute Gasteiger partial charge is 0.477 e. The molecule has 8 heterocycles. The van der Waals surface area contributed by atoms with Crippen molar-refractivity contribution in [1.82, 2.24) is 21.3 Å². The van der Waals surface area contributed by atoms with Gasteiger partial charge < -0.3 is 225 Å². The van der Waals surface area contributed by atoms with Gasteiger partial charge in [-0.05, 0) is 0 Å². The Kier molecular flexibility index (Phi) is 33.1. The molecule has 4 amide bonds. The number of ether oxygens (including phenoxy) is 15. The second-order valence-corrected chi connectivity index (χ2v) is 28.3. The number of hydrogen-bond acceptors (Lipinski definition) is 45. The standard InChI is InChI=1S/C62H102N4O47/c1-15(72)63-29-19(76)5-61(59(95)96,111-50(29)33(80)21(78)7-67)101-14-26-36(83)41(88)43(90)55(106-26)100-12-27-47(39(86)31(53(94)102-27)65-17(3)74)108-57-45(92)42(89)48(109-56-44(91)40(87)35(82)23(9-69)104-56)28(107-57)13-99-54-32(66-18(4)75)49(37(84)24(10-70)103-54)110-58-46(93)52(38(85)25(11-71)105-58)113-62(60(97)98)6-20(77)30(64-16(2)73)51(112-62)34(81)22(79)8-68/h19-58,67-71,76-94H,5-14H2,1-4H3,(H,63,72)(H,64,73)(H,65,74)(H,66,75)(H,95,96)(H,97,98)/t19-,20-,21+,22+,23+,24+,25+,26+,27+,28+,29+,30+,31+,32+,33+,34+,35-,36-,37+,38-,39+,40-,41-,42+,43+,44+,45+,46+,47+,48+,49+,50+,51+,52-,53+,54+,55?,56-,57?,58-,61-,62+/m0/s1. The number of rotatable bonds is 32. The highest BCUT2D eigenvalue weighted by molar-refractivity contribution is 5.78. The lowest BCUT2D eigenvalue weighted by Crippen LogP contribution is -2.71. The summed E-state index contributed by atoms with van der Waals surface area (Å²) in [6.45, 7) is -5.63. The molecule has 8 aliphatic heterocycles. The summed E-state index contributed by atoms with van der Waals surface area (Å²) in [6, 6.07) is -7.33. The van der Waals surface area contributed by atoms with Crippen LogP contribution in [0.25, 0.3) is 0 Å². The molecule has 30 N–H and O–H groups in total. The van der Waals surface area contributed by atoms with E-state index < -0.39 is 358 Å². The van der Waals surface area contributed by atoms with E-state index in [4.69, 9.17) is 71.1 Å². The minimum absolute atomic E-state index is 0.837. The maximum absolute atomic E-state index is 13.3. The van der Waals surface area contributed by atoms with Gasteiger partial charge in [0, 0.05) is 40.5 Å². The number of hydrogen-bond donors (Lipinski definition) is 30. The van der Waals surface area contributed by atoms with E-state index in [-0.39, 0.29) is 0 Å². The van der Waals surface area contributed by atoms with Gasteiger partial charge in [-0.3, -0.25) is 19.2 Å². The Morgan fingerprint density at radius 3 is 1.21 bits per heavy atom. The van der Waals surface area contributed by atoms with E-state index in [2.05, 4.69) is 21.3 Å². The van der Waals surface area contributed by atoms with Gasteiger partial charge in [-0.15, -0.1) is 0 Å². The van der Waals surface area contributed by atoms with Crippen molar-refractivity contribution in [1.29, 1.82) is 0 Å². The molecule has 0 aliphatic carbocycles. The molecule has 2 unspecified atom stereocenters. The SMILES string of the molecule is CC(=O)N[C@@H]1[C@@H](O)[C@H](OC2O[C@H](CO[C@@H]3O[C@H](CO)[C@@H](O)[C@H](O[C@@H]4O[C@H](CO)[C@H](O)[C@H](O[C@@]5(C(=O)O)C[C@H](O)[C@@H](NC(C)=O)[C@H]([C@H](O)[C@H](O)CO)O5)[C@H]4O)[C@H]3NC(C)=O)[C@@H](O[C@@H]3O[C@H](CO)[C@H](O)[C@H](O)[C@H]3O)[C@H](O)[C@H]2O)[C@@H](COC2O[C@H](CO[C@@]3(C(=O)O)C[C@H](O)[C@@H](NC(C)=O)[C@H]([C@H](O)[C@H](O)CO)O3)[C@H](O)[C@H](O)[C@H]2O)O[C@H]1O. The van der Waals surface area contributed by atoms with Gasteiger partial charge in [0.05, 0.1) is 77.1 Å². The van der Waals surface area contributed by atoms with Crippen LogP contribution >= 0.6 is 0 Å². The summed E-state index contributed by atoms with van der Waals surface area (Å²) in [4.78, 5) is 76.3. The van der Waals surface area contributed by atoms with Crippen molar-refractivity contribution >= 4 is 35.6 Å². The number of carboxylic acids is 2. The van der Waals surface area contributed by atoms with Gasteiger partial charge in [0.25, 0.3) is 11.6 Å². The average molecular weight is 1660 g/mol. The Bertz CT molecular complexity index is 3110. The zero-order valence-corrected chi connectivity index (χ0v) is 60.4. The number of carbonyl (C=O) groups is 6. The Morgan fingerprint density at radius 1 is 0.372 bits per heavy atom. The molecule has 8 fully saturated rings. The number of nitrogens with one attached hydrogen (secondary N) is 4. The van der Waals surface area contributed by atoms with Gasteiger partial charge >= 0.3 is 11.9 Å². The van der Waals surface area contributed by atoms with Gasteiger partial charge in [-0.1, -0.05) is 0 Å². The topological polar surface area (TPSA) is 815 Å². The lowest BCUT2D eigenvalue weighted by Gasteiger charge is -2.51. The molecule has 113 heavy (non-hydrogen) atoms. The monoisotopic (exact) mass is 1650 g/mol. The van der Waals surface area contributed by atoms with Crippen LogP contribution in [0.5, 0.6) is 0 Å². The normalized spacial score (nSPS) is 45.6. The number of carboxylic acid groups (broad SMARTS) is 2. The van der Waals surface area contributed by atoms with Crippen molar-refractivity contribution in [3.05, 3.63) is 0 Å². The summed E-state index contributed by atoms with van der Waals surface area (Å²) < 4.78 is 87.2. The lowest BCUT2D eigenvalue weighted by molar-refractivity contribution is -0.386. The molecule has 0 aromatic heterocycles. The van der Waals surface area contributed by atoms with E-state index in [1.165, 1.54) is 0 Å². The van der Waals surface area contributed by atoms with Crippen LogP contribution < -0.4 is 21.3 Å². The molecule has 0 spiro atoms. The minimum atomic E-state index is -3.31. The second kappa shape index (κ2) is 39.9. The average Bonchev–Trinajstić information content (AvgIpc) is 0.760. The van der Waals surface area contributed by atoms with Gasteiger partial charge in [0.2, 0.25) is 23.6 Å². The summed E-state index contributed by atoms with van der Waals surface area (Å²) in [5.41, 5.74) is 0. The van der Waals surface area contributed by atoms with Crippen molar-refractivity contribution in [3.63, 3.8) is 0 Å². The molecule has 652 valence electrons. The third-order valence-corrected chi connectivity index (χ3v) is 20.2. The van der Waals surface area contributed by atoms with Crippen LogP contribution in [-0.2, 0) is 99.8 Å². The maximum Gasteiger partial charge on any atom is 0.364 e. The highest BCUT2D eigenvalue weighted by Gasteiger charge is 2.63. The van der Waals surface area contributed by atoms with Crippen LogP contribution in [0.2, 0.25) is 0 Å². The summed E-state index contributed by atoms with van der Waals surface area (Å²) in [6.07, 6.45) is -81.6. The molecule has 8 saturated heterocycles. The van der Waals surface area contributed by atoms with Crippen molar-refractivity contribution in [2.75, 3.05) is 52.9 Å². The van der Waals surface area contributed by atoms with E-state index >= 15 is 0 Å². The van der Waals surface area contributed by atoms with Gasteiger partial charge in [-0.25, -0.2) is 9.59 Å². The summed E-state index contributed by atoms with van der Waals surface area (Å²) in [5.74, 6) is -14.2. The first-order valence-corrected chi connectivity index (χ1v) is 35.4. The van der Waals surface area contributed by atoms with Gasteiger partial charge in [-0.2, -0.15) is 0 Å². The van der Waals surface area contributed by atoms with Crippen LogP contribution in [0.4, 0.5) is 0 Å². The Labute approximate surface area is 637 Å². The number of aliphatic carboxylic acids is 2.